The molecule has 12 heavy (non-hydrogen) atoms. The van der Waals surface area contributed by atoms with Crippen LogP contribution in [0.4, 0.5) is 11.6 Å². The van der Waals surface area contributed by atoms with Crippen LogP contribution in [-0.2, 0) is 0 Å². The summed E-state index contributed by atoms with van der Waals surface area (Å²) >= 11 is 3.31. The number of aromatic amines is 1. The van der Waals surface area contributed by atoms with E-state index in [1.807, 2.05) is 6.07 Å². The van der Waals surface area contributed by atoms with Crippen LogP contribution in [0.15, 0.2) is 16.6 Å². The predicted molar refractivity (Wildman–Crippen MR) is 52.6 cm³/mol. The smallest absolute Gasteiger partial charge is 0.198 e. The fourth-order valence-corrected chi connectivity index (χ4v) is 1.41. The van der Waals surface area contributed by atoms with Crippen LogP contribution in [0.25, 0.3) is 11.0 Å². The van der Waals surface area contributed by atoms with Gasteiger partial charge in [-0.1, -0.05) is 0 Å². The molecule has 2 aromatic rings. The van der Waals surface area contributed by atoms with Crippen molar-refractivity contribution < 1.29 is 0 Å². The average molecular weight is 227 g/mol. The molecule has 5 N–H and O–H groups in total. The minimum atomic E-state index is 0.405. The molecule has 0 atom stereocenters. The maximum absolute atomic E-state index is 5.65. The van der Waals surface area contributed by atoms with Gasteiger partial charge in [-0.25, -0.2) is 4.98 Å². The van der Waals surface area contributed by atoms with Gasteiger partial charge >= 0.3 is 0 Å². The van der Waals surface area contributed by atoms with E-state index in [-0.39, 0.29) is 0 Å². The zero-order valence-electron chi connectivity index (χ0n) is 6.13. The summed E-state index contributed by atoms with van der Waals surface area (Å²) in [5.41, 5.74) is 13.5. The topological polar surface area (TPSA) is 80.7 Å². The van der Waals surface area contributed by atoms with Gasteiger partial charge in [0.2, 0.25) is 0 Å². The summed E-state index contributed by atoms with van der Waals surface area (Å²) in [6.07, 6.45) is 0. The molecular weight excluding hydrogens is 220 g/mol. The molecule has 1 heterocycles. The third kappa shape index (κ3) is 1.02. The van der Waals surface area contributed by atoms with Gasteiger partial charge in [-0.3, -0.25) is 0 Å². The molecule has 62 valence electrons. The van der Waals surface area contributed by atoms with Crippen molar-refractivity contribution in [3.8, 4) is 0 Å². The summed E-state index contributed by atoms with van der Waals surface area (Å²) < 4.78 is 0.846. The van der Waals surface area contributed by atoms with Crippen LogP contribution in [0.1, 0.15) is 0 Å². The number of hydrogen-bond donors (Lipinski definition) is 3. The third-order valence-electron chi connectivity index (χ3n) is 1.62. The van der Waals surface area contributed by atoms with Crippen molar-refractivity contribution in [3.05, 3.63) is 16.6 Å². The molecule has 0 radical (unpaired) electrons. The van der Waals surface area contributed by atoms with Gasteiger partial charge in [0.15, 0.2) is 5.95 Å². The van der Waals surface area contributed by atoms with Crippen LogP contribution in [0.2, 0.25) is 0 Å². The molecule has 1 aromatic carbocycles. The minimum absolute atomic E-state index is 0.405. The summed E-state index contributed by atoms with van der Waals surface area (Å²) in [4.78, 5) is 6.94. The summed E-state index contributed by atoms with van der Waals surface area (Å²) in [7, 11) is 0. The second-order valence-electron chi connectivity index (χ2n) is 2.51. The van der Waals surface area contributed by atoms with Crippen molar-refractivity contribution in [2.75, 3.05) is 11.5 Å². The van der Waals surface area contributed by atoms with Crippen molar-refractivity contribution in [2.45, 2.75) is 0 Å². The first-order chi connectivity index (χ1) is 5.66. The predicted octanol–water partition coefficient (Wildman–Crippen LogP) is 1.49. The van der Waals surface area contributed by atoms with Crippen molar-refractivity contribution in [3.63, 3.8) is 0 Å². The van der Waals surface area contributed by atoms with E-state index < -0.39 is 0 Å². The number of anilines is 2. The highest BCUT2D eigenvalue weighted by Crippen LogP contribution is 2.24. The zero-order chi connectivity index (χ0) is 8.72. The highest BCUT2D eigenvalue weighted by molar-refractivity contribution is 9.10. The second kappa shape index (κ2) is 2.38. The van der Waals surface area contributed by atoms with E-state index in [1.54, 1.807) is 6.07 Å². The number of nitrogens with one attached hydrogen (secondary N) is 1. The summed E-state index contributed by atoms with van der Waals surface area (Å²) in [5.74, 6) is 0.405. The molecule has 1 aromatic heterocycles. The highest BCUT2D eigenvalue weighted by Gasteiger charge is 2.02. The first kappa shape index (κ1) is 7.42. The molecule has 0 bridgehead atoms. The molecule has 4 nitrogen and oxygen atoms in total. The number of fused-ring (bicyclic) bond motifs is 1. The molecule has 0 aliphatic heterocycles. The van der Waals surface area contributed by atoms with Crippen LogP contribution in [-0.4, -0.2) is 9.97 Å². The SMILES string of the molecule is Nc1nc2cc(N)c(Br)cc2[nH]1. The number of rotatable bonds is 0. The molecule has 0 aliphatic rings. The standard InChI is InChI=1S/C7H7BrN4/c8-3-1-5-6(2-4(3)9)12-7(10)11-5/h1-2H,9H2,(H3,10,11,12). The Morgan fingerprint density at radius 3 is 2.83 bits per heavy atom. The molecule has 0 saturated heterocycles. The van der Waals surface area contributed by atoms with Gasteiger partial charge in [-0.2, -0.15) is 0 Å². The lowest BCUT2D eigenvalue weighted by Crippen LogP contribution is -1.85. The molecule has 0 amide bonds. The van der Waals surface area contributed by atoms with E-state index in [9.17, 15) is 0 Å². The molecule has 0 saturated carbocycles. The fraction of sp³-hybridized carbons (Fsp3) is 0. The van der Waals surface area contributed by atoms with Gasteiger partial charge in [0.1, 0.15) is 0 Å². The maximum atomic E-state index is 5.65. The summed E-state index contributed by atoms with van der Waals surface area (Å²) in [5, 5.41) is 0. The van der Waals surface area contributed by atoms with Crippen LogP contribution in [0.3, 0.4) is 0 Å². The molecule has 5 heteroatoms. The largest absolute Gasteiger partial charge is 0.398 e. The van der Waals surface area contributed by atoms with Crippen LogP contribution in [0.5, 0.6) is 0 Å². The third-order valence-corrected chi connectivity index (χ3v) is 2.31. The Labute approximate surface area is 77.1 Å². The van der Waals surface area contributed by atoms with E-state index >= 15 is 0 Å². The van der Waals surface area contributed by atoms with E-state index in [0.717, 1.165) is 15.5 Å². The van der Waals surface area contributed by atoms with E-state index in [4.69, 9.17) is 11.5 Å². The molecule has 2 rings (SSSR count). The number of imidazole rings is 1. The average Bonchev–Trinajstić information content (AvgIpc) is 2.30. The fourth-order valence-electron chi connectivity index (χ4n) is 1.07. The Kier molecular flexibility index (Phi) is 1.47. The maximum Gasteiger partial charge on any atom is 0.198 e. The lowest BCUT2D eigenvalue weighted by atomic mass is 10.3. The highest BCUT2D eigenvalue weighted by atomic mass is 79.9. The number of H-pyrrole nitrogens is 1. The van der Waals surface area contributed by atoms with Crippen molar-refractivity contribution >= 4 is 38.6 Å². The van der Waals surface area contributed by atoms with Crippen LogP contribution < -0.4 is 11.5 Å². The Morgan fingerprint density at radius 1 is 1.33 bits per heavy atom. The van der Waals surface area contributed by atoms with E-state index in [2.05, 4.69) is 25.9 Å². The first-order valence-electron chi connectivity index (χ1n) is 3.37. The normalized spacial score (nSPS) is 10.8. The Bertz CT molecular complexity index is 395. The van der Waals surface area contributed by atoms with Gasteiger partial charge < -0.3 is 16.5 Å². The van der Waals surface area contributed by atoms with Gasteiger partial charge in [0.05, 0.1) is 11.0 Å². The van der Waals surface area contributed by atoms with Crippen LogP contribution >= 0.6 is 15.9 Å². The van der Waals surface area contributed by atoms with Gasteiger partial charge in [0, 0.05) is 10.2 Å². The zero-order valence-corrected chi connectivity index (χ0v) is 7.72. The van der Waals surface area contributed by atoms with Crippen molar-refractivity contribution in [1.82, 2.24) is 9.97 Å². The Hall–Kier alpha value is -1.23. The van der Waals surface area contributed by atoms with Gasteiger partial charge in [-0.15, -0.1) is 0 Å². The van der Waals surface area contributed by atoms with E-state index in [0.29, 0.717) is 11.6 Å². The summed E-state index contributed by atoms with van der Waals surface area (Å²) in [6, 6.07) is 3.63. The number of nitrogen functional groups attached to an aromatic ring is 2. The first-order valence-corrected chi connectivity index (χ1v) is 4.16. The number of nitrogens with two attached hydrogens (primary N) is 2. The lowest BCUT2D eigenvalue weighted by Gasteiger charge is -1.95. The van der Waals surface area contributed by atoms with Gasteiger partial charge in [0.25, 0.3) is 0 Å². The monoisotopic (exact) mass is 226 g/mol. The quantitative estimate of drug-likeness (QED) is 0.596. The number of nitrogens with zero attached hydrogens (tertiary/aromatic N) is 1. The number of aromatic nitrogens is 2. The number of hydrogen-bond acceptors (Lipinski definition) is 3. The Morgan fingerprint density at radius 2 is 2.08 bits per heavy atom. The molecular formula is C7H7BrN4. The molecule has 0 fully saturated rings. The molecule has 0 unspecified atom stereocenters. The summed E-state index contributed by atoms with van der Waals surface area (Å²) in [6.45, 7) is 0. The van der Waals surface area contributed by atoms with E-state index in [1.165, 1.54) is 0 Å². The molecule has 0 spiro atoms. The number of halogens is 1. The second-order valence-corrected chi connectivity index (χ2v) is 3.37. The Balaban J connectivity index is 2.83. The van der Waals surface area contributed by atoms with Gasteiger partial charge in [-0.05, 0) is 28.1 Å². The molecule has 0 aliphatic carbocycles. The minimum Gasteiger partial charge on any atom is -0.398 e. The number of benzene rings is 1. The van der Waals surface area contributed by atoms with Crippen molar-refractivity contribution in [2.24, 2.45) is 0 Å². The van der Waals surface area contributed by atoms with Crippen LogP contribution in [0, 0.1) is 0 Å². The lowest BCUT2D eigenvalue weighted by molar-refractivity contribution is 1.35. The van der Waals surface area contributed by atoms with Crippen molar-refractivity contribution in [1.29, 1.82) is 0 Å².